The normalized spacial score (nSPS) is 29.3. The lowest BCUT2D eigenvalue weighted by molar-refractivity contribution is -1.04. The van der Waals surface area contributed by atoms with Crippen LogP contribution in [0.15, 0.2) is 34.1 Å². The number of hydrogen-bond donors (Lipinski definition) is 8. The zero-order valence-electron chi connectivity index (χ0n) is 31.2. The molecule has 2 aromatic rings. The molecule has 2 fully saturated rings. The Kier molecular flexibility index (Phi) is 16.1. The maximum absolute atomic E-state index is 11.9. The highest BCUT2D eigenvalue weighted by atomic mass is 31.3. The molecular formula is C24H44N8O22P4. The number of phosphoric ester groups is 2. The second-order valence-electron chi connectivity index (χ2n) is 13.7. The molecule has 30 nitrogen and oxygen atoms in total. The Labute approximate surface area is 327 Å². The highest BCUT2D eigenvalue weighted by Crippen LogP contribution is 2.60. The van der Waals surface area contributed by atoms with E-state index in [9.17, 15) is 67.8 Å². The van der Waals surface area contributed by atoms with Crippen LogP contribution in [0.3, 0.4) is 0 Å². The standard InChI is InChI=1S/2C12H22N4O11P2/c2*1-16(2,3)26-29(22,23)27-28(20,21)24-6-7-9(17)10(18)11(25-7)15-5-4-8(13)14-12(15)19/h2*4-5,7,9-11,17-18H,6H2,1-3H3,(H3-,13,14,19,20,21,22,23)/t2*7-,9-,10-,11-/m11/s1. The molecule has 0 aliphatic carbocycles. The Hall–Kier alpha value is -2.44. The van der Waals surface area contributed by atoms with Gasteiger partial charge in [-0.2, -0.15) is 19.3 Å². The predicted octanol–water partition coefficient (Wildman–Crippen LogP) is -4.63. The van der Waals surface area contributed by atoms with E-state index >= 15 is 0 Å². The van der Waals surface area contributed by atoms with Crippen LogP contribution < -0.4 is 32.6 Å². The predicted molar refractivity (Wildman–Crippen MR) is 185 cm³/mol. The molecule has 10 N–H and O–H groups in total. The second-order valence-corrected chi connectivity index (χ2v) is 19.5. The van der Waals surface area contributed by atoms with Crippen molar-refractivity contribution in [2.75, 3.05) is 67.0 Å². The molecule has 0 saturated carbocycles. The summed E-state index contributed by atoms with van der Waals surface area (Å²) in [5, 5.41) is 40.3. The van der Waals surface area contributed by atoms with Crippen LogP contribution in [0.1, 0.15) is 12.5 Å². The molecule has 0 bridgehead atoms. The molecule has 34 heteroatoms. The maximum Gasteiger partial charge on any atom is 0.478 e. The van der Waals surface area contributed by atoms with Crippen molar-refractivity contribution in [3.05, 3.63) is 45.5 Å². The number of rotatable bonds is 16. The number of aromatic nitrogens is 4. The van der Waals surface area contributed by atoms with E-state index in [1.807, 2.05) is 0 Å². The van der Waals surface area contributed by atoms with Crippen molar-refractivity contribution < 1.29 is 104 Å². The Morgan fingerprint density at radius 1 is 0.672 bits per heavy atom. The van der Waals surface area contributed by atoms with Gasteiger partial charge in [-0.15, -0.1) is 9.25 Å². The fourth-order valence-corrected chi connectivity index (χ4v) is 9.21. The Morgan fingerprint density at radius 3 is 1.26 bits per heavy atom. The van der Waals surface area contributed by atoms with Gasteiger partial charge in [0, 0.05) is 12.4 Å². The van der Waals surface area contributed by atoms with Crippen molar-refractivity contribution in [1.29, 1.82) is 0 Å². The molecule has 0 amide bonds. The molecule has 12 atom stereocenters. The number of nitrogen functional groups attached to an aromatic ring is 2. The fourth-order valence-electron chi connectivity index (χ4n) is 4.70. The Morgan fingerprint density at radius 2 is 0.983 bits per heavy atom. The Bertz CT molecular complexity index is 1920. The van der Waals surface area contributed by atoms with Crippen molar-refractivity contribution in [1.82, 2.24) is 19.1 Å². The van der Waals surface area contributed by atoms with Crippen molar-refractivity contribution in [3.8, 4) is 0 Å². The van der Waals surface area contributed by atoms with Gasteiger partial charge in [0.2, 0.25) is 0 Å². The van der Waals surface area contributed by atoms with Crippen molar-refractivity contribution >= 4 is 42.9 Å². The summed E-state index contributed by atoms with van der Waals surface area (Å²) in [5.41, 5.74) is 9.00. The number of aliphatic hydroxyl groups is 4. The van der Waals surface area contributed by atoms with Gasteiger partial charge in [0.25, 0.3) is 0 Å². The van der Waals surface area contributed by atoms with Crippen LogP contribution in [0.5, 0.6) is 0 Å². The first-order valence-electron chi connectivity index (χ1n) is 16.0. The number of aliphatic hydroxyl groups excluding tert-OH is 4. The van der Waals surface area contributed by atoms with Gasteiger partial charge in [0.15, 0.2) is 12.5 Å². The number of hydroxylamine groups is 6. The van der Waals surface area contributed by atoms with E-state index in [1.165, 1.54) is 66.8 Å². The smallest absolute Gasteiger partial charge is 0.478 e. The van der Waals surface area contributed by atoms with E-state index in [0.717, 1.165) is 9.13 Å². The minimum atomic E-state index is -5.23. The molecule has 2 aliphatic heterocycles. The molecule has 58 heavy (non-hydrogen) atoms. The number of quaternary nitrogens is 2. The van der Waals surface area contributed by atoms with Gasteiger partial charge in [0.05, 0.1) is 55.5 Å². The number of hydrogen-bond acceptors (Lipinski definition) is 24. The molecule has 0 aromatic carbocycles. The van der Waals surface area contributed by atoms with E-state index in [4.69, 9.17) is 20.9 Å². The minimum absolute atomic E-state index is 0.0734. The molecule has 4 heterocycles. The van der Waals surface area contributed by atoms with E-state index in [-0.39, 0.29) is 11.6 Å². The average Bonchev–Trinajstić information content (AvgIpc) is 3.45. The highest BCUT2D eigenvalue weighted by Gasteiger charge is 2.47. The molecule has 0 spiro atoms. The van der Waals surface area contributed by atoms with E-state index in [0.29, 0.717) is 0 Å². The monoisotopic (exact) mass is 920 g/mol. The molecular weight excluding hydrogens is 876 g/mol. The largest absolute Gasteiger partial charge is 0.752 e. The summed E-state index contributed by atoms with van der Waals surface area (Å²) in [7, 11) is -12.9. The number of nitrogens with zero attached hydrogens (tertiary/aromatic N) is 6. The van der Waals surface area contributed by atoms with Gasteiger partial charge in [0.1, 0.15) is 48.3 Å². The van der Waals surface area contributed by atoms with Crippen molar-refractivity contribution in [3.63, 3.8) is 0 Å². The summed E-state index contributed by atoms with van der Waals surface area (Å²) in [6.45, 7) is -1.71. The van der Waals surface area contributed by atoms with Gasteiger partial charge >= 0.3 is 42.7 Å². The van der Waals surface area contributed by atoms with Crippen LogP contribution in [-0.4, -0.2) is 151 Å². The second kappa shape index (κ2) is 18.7. The molecule has 4 rings (SSSR count). The van der Waals surface area contributed by atoms with Crippen LogP contribution in [0.4, 0.5) is 11.6 Å². The summed E-state index contributed by atoms with van der Waals surface area (Å²) in [6.07, 6.45) is -9.82. The van der Waals surface area contributed by atoms with Gasteiger partial charge in [-0.1, -0.05) is 0 Å². The first-order chi connectivity index (χ1) is 26.2. The third-order valence-corrected chi connectivity index (χ3v) is 12.4. The Balaban J connectivity index is 0.000000310. The molecule has 2 aliphatic rings. The van der Waals surface area contributed by atoms with Crippen LogP contribution in [0, 0.1) is 0 Å². The maximum atomic E-state index is 11.9. The quantitative estimate of drug-likeness (QED) is 0.0446. The minimum Gasteiger partial charge on any atom is -0.752 e. The van der Waals surface area contributed by atoms with Crippen molar-refractivity contribution in [2.45, 2.75) is 49.1 Å². The molecule has 4 unspecified atom stereocenters. The number of nitrogens with two attached hydrogens (primary N) is 2. The fraction of sp³-hybridized carbons (Fsp3) is 0.667. The highest BCUT2D eigenvalue weighted by molar-refractivity contribution is 7.60. The summed E-state index contributed by atoms with van der Waals surface area (Å²) in [5.74, 6) is -0.147. The first kappa shape index (κ1) is 49.9. The number of phosphoric acid groups is 4. The summed E-state index contributed by atoms with van der Waals surface area (Å²) in [4.78, 5) is 73.1. The molecule has 2 saturated heterocycles. The van der Waals surface area contributed by atoms with E-state index in [1.54, 1.807) is 0 Å². The topological polar surface area (TPSA) is 431 Å². The summed E-state index contributed by atoms with van der Waals surface area (Å²) in [6, 6.07) is 2.51. The summed E-state index contributed by atoms with van der Waals surface area (Å²) < 4.78 is 84.3. The van der Waals surface area contributed by atoms with Gasteiger partial charge in [-0.05, 0) is 12.1 Å². The van der Waals surface area contributed by atoms with Crippen LogP contribution in [0.25, 0.3) is 0 Å². The lowest BCUT2D eigenvalue weighted by Crippen LogP contribution is -2.36. The zero-order valence-corrected chi connectivity index (χ0v) is 34.8. The third kappa shape index (κ3) is 14.9. The zero-order chi connectivity index (χ0) is 44.4. The first-order valence-corrected chi connectivity index (χ1v) is 21.9. The third-order valence-electron chi connectivity index (χ3n) is 6.83. The van der Waals surface area contributed by atoms with E-state index < -0.39 is 114 Å². The van der Waals surface area contributed by atoms with Gasteiger partial charge in [-0.25, -0.2) is 27.3 Å². The molecule has 2 aromatic heterocycles. The average molecular weight is 921 g/mol. The molecule has 0 radical (unpaired) electrons. The van der Waals surface area contributed by atoms with Crippen LogP contribution in [-0.2, 0) is 54.7 Å². The number of ether oxygens (including phenoxy) is 2. The van der Waals surface area contributed by atoms with Crippen LogP contribution >= 0.6 is 31.3 Å². The van der Waals surface area contributed by atoms with Gasteiger partial charge in [-0.3, -0.25) is 27.3 Å². The van der Waals surface area contributed by atoms with Crippen LogP contribution in [0.2, 0.25) is 0 Å². The number of anilines is 2. The van der Waals surface area contributed by atoms with E-state index in [2.05, 4.69) is 36.9 Å². The lowest BCUT2D eigenvalue weighted by Gasteiger charge is -2.30. The SMILES string of the molecule is C[N+](C)(C)OP(=O)([O-])OP(=O)(O)OC[C@H]1O[C@@H](n2ccc(N)nc2=O)[C@H](O)[C@@H]1O.C[N+](C)(C)OP(=O)([O-])OP(=O)(O)OC[C@H]1O[C@@H](n2ccc(N)nc2=O)[C@H](O)[C@@H]1O. The molecule has 332 valence electrons. The van der Waals surface area contributed by atoms with Gasteiger partial charge < -0.3 is 60.9 Å². The lowest BCUT2D eigenvalue weighted by atomic mass is 10.1. The van der Waals surface area contributed by atoms with Crippen molar-refractivity contribution in [2.24, 2.45) is 0 Å². The summed E-state index contributed by atoms with van der Waals surface area (Å²) >= 11 is 0.